The van der Waals surface area contributed by atoms with Crippen molar-refractivity contribution in [3.05, 3.63) is 38.0 Å². The second-order valence-electron chi connectivity index (χ2n) is 4.42. The minimum atomic E-state index is -4.51. The third-order valence-electron chi connectivity index (χ3n) is 2.88. The molecule has 0 aromatic heterocycles. The molecule has 0 N–H and O–H groups in total. The Labute approximate surface area is 116 Å². The molecule has 0 spiro atoms. The van der Waals surface area contributed by atoms with E-state index in [0.29, 0.717) is 0 Å². The second-order valence-corrected chi connectivity index (χ2v) is 5.47. The van der Waals surface area contributed by atoms with Crippen LogP contribution in [-0.2, 0) is 14.6 Å². The van der Waals surface area contributed by atoms with Gasteiger partial charge in [-0.1, -0.05) is 19.2 Å². The van der Waals surface area contributed by atoms with Gasteiger partial charge >= 0.3 is 0 Å². The summed E-state index contributed by atoms with van der Waals surface area (Å²) >= 11 is 0. The first-order valence-corrected chi connectivity index (χ1v) is 7.50. The Morgan fingerprint density at radius 2 is 1.53 bits per heavy atom. The van der Waals surface area contributed by atoms with Gasteiger partial charge in [-0.25, -0.2) is 8.42 Å². The molecular formula is C13H23NO4S. The number of hydrogen-bond donors (Lipinski definition) is 0. The van der Waals surface area contributed by atoms with Gasteiger partial charge in [-0.15, -0.1) is 6.58 Å². The van der Waals surface area contributed by atoms with Gasteiger partial charge in [0.2, 0.25) is 10.4 Å². The van der Waals surface area contributed by atoms with Crippen LogP contribution in [-0.4, -0.2) is 50.2 Å². The lowest BCUT2D eigenvalue weighted by molar-refractivity contribution is -0.905. The lowest BCUT2D eigenvalue weighted by Gasteiger charge is -2.31. The molecule has 0 radical (unpaired) electrons. The van der Waals surface area contributed by atoms with Crippen LogP contribution in [0.25, 0.3) is 0 Å². The molecule has 5 nitrogen and oxygen atoms in total. The van der Waals surface area contributed by atoms with Gasteiger partial charge in [0.25, 0.3) is 0 Å². The maximum absolute atomic E-state index is 9.56. The van der Waals surface area contributed by atoms with Gasteiger partial charge < -0.3 is 9.04 Å². The van der Waals surface area contributed by atoms with Crippen LogP contribution in [0.15, 0.2) is 38.0 Å². The monoisotopic (exact) mass is 289 g/mol. The van der Waals surface area contributed by atoms with Crippen molar-refractivity contribution in [3.8, 4) is 0 Å². The Morgan fingerprint density at radius 1 is 1.05 bits per heavy atom. The van der Waals surface area contributed by atoms with E-state index in [1.165, 1.54) is 36.5 Å². The van der Waals surface area contributed by atoms with E-state index in [4.69, 9.17) is 0 Å². The third-order valence-corrected chi connectivity index (χ3v) is 3.30. The highest BCUT2D eigenvalue weighted by atomic mass is 32.3. The molecule has 0 amide bonds. The number of hydrogen-bond acceptors (Lipinski definition) is 4. The first-order chi connectivity index (χ1) is 8.89. The Kier molecular flexibility index (Phi) is 8.58. The Hall–Kier alpha value is -0.950. The molecule has 0 atom stereocenters. The van der Waals surface area contributed by atoms with Crippen LogP contribution in [0.1, 0.15) is 12.8 Å². The van der Waals surface area contributed by atoms with Crippen molar-refractivity contribution < 1.29 is 21.6 Å². The normalized spacial score (nSPS) is 17.1. The standard InChI is InChI=1S/C10H18N.C3H6O4S/c1-3-7-11(8-4-2)9-5-6-10-11;1-2-3-7-8(4,5)6/h3-4H,1-2,5-10H2;2H,1,3H2,(H,4,5,6)/q+1;/p-1. The molecular weight excluding hydrogens is 266 g/mol. The van der Waals surface area contributed by atoms with Gasteiger partial charge in [0.1, 0.15) is 0 Å². The van der Waals surface area contributed by atoms with Crippen LogP contribution in [0.5, 0.6) is 0 Å². The van der Waals surface area contributed by atoms with Gasteiger partial charge in [0.05, 0.1) is 32.8 Å². The molecule has 1 aliphatic heterocycles. The minimum absolute atomic E-state index is 0.258. The zero-order valence-electron chi connectivity index (χ0n) is 11.3. The van der Waals surface area contributed by atoms with E-state index in [1.54, 1.807) is 0 Å². The van der Waals surface area contributed by atoms with Crippen LogP contribution in [0.2, 0.25) is 0 Å². The Bertz CT molecular complexity index is 371. The maximum Gasteiger partial charge on any atom is 0.217 e. The quantitative estimate of drug-likeness (QED) is 0.309. The maximum atomic E-state index is 9.56. The van der Waals surface area contributed by atoms with Crippen molar-refractivity contribution >= 4 is 10.4 Å². The molecule has 19 heavy (non-hydrogen) atoms. The van der Waals surface area contributed by atoms with Gasteiger partial charge in [0, 0.05) is 12.8 Å². The van der Waals surface area contributed by atoms with Gasteiger partial charge in [0.15, 0.2) is 0 Å². The SMILES string of the molecule is C=CCOS(=O)(=O)[O-].C=CC[N+]1(CC=C)CCCC1. The number of nitrogens with zero attached hydrogens (tertiary/aromatic N) is 1. The lowest BCUT2D eigenvalue weighted by atomic mass is 10.3. The van der Waals surface area contributed by atoms with E-state index >= 15 is 0 Å². The molecule has 1 rings (SSSR count). The average molecular weight is 289 g/mol. The zero-order valence-corrected chi connectivity index (χ0v) is 12.1. The van der Waals surface area contributed by atoms with Crippen molar-refractivity contribution in [1.82, 2.24) is 0 Å². The lowest BCUT2D eigenvalue weighted by Crippen LogP contribution is -2.45. The molecule has 1 fully saturated rings. The van der Waals surface area contributed by atoms with E-state index in [9.17, 15) is 13.0 Å². The van der Waals surface area contributed by atoms with Crippen molar-refractivity contribution in [2.75, 3.05) is 32.8 Å². The van der Waals surface area contributed by atoms with Crippen molar-refractivity contribution in [1.29, 1.82) is 0 Å². The summed E-state index contributed by atoms with van der Waals surface area (Å²) in [7, 11) is -4.51. The summed E-state index contributed by atoms with van der Waals surface area (Å²) < 4.78 is 33.6. The molecule has 0 saturated carbocycles. The van der Waals surface area contributed by atoms with Gasteiger partial charge in [-0.3, -0.25) is 4.18 Å². The van der Waals surface area contributed by atoms with Crippen molar-refractivity contribution in [2.45, 2.75) is 12.8 Å². The summed E-state index contributed by atoms with van der Waals surface area (Å²) in [5, 5.41) is 0. The van der Waals surface area contributed by atoms with Crippen molar-refractivity contribution in [3.63, 3.8) is 0 Å². The molecule has 1 saturated heterocycles. The molecule has 0 aromatic carbocycles. The zero-order chi connectivity index (χ0) is 14.8. The molecule has 0 unspecified atom stereocenters. The fourth-order valence-electron chi connectivity index (χ4n) is 2.13. The summed E-state index contributed by atoms with van der Waals surface area (Å²) in [6, 6.07) is 0. The highest BCUT2D eigenvalue weighted by Crippen LogP contribution is 2.18. The van der Waals surface area contributed by atoms with Crippen LogP contribution in [0.3, 0.4) is 0 Å². The summed E-state index contributed by atoms with van der Waals surface area (Å²) in [5.41, 5.74) is 0. The topological polar surface area (TPSA) is 66.4 Å². The predicted octanol–water partition coefficient (Wildman–Crippen LogP) is 1.62. The molecule has 0 bridgehead atoms. The van der Waals surface area contributed by atoms with E-state index < -0.39 is 10.4 Å². The highest BCUT2D eigenvalue weighted by Gasteiger charge is 2.28. The molecule has 0 aromatic rings. The van der Waals surface area contributed by atoms with E-state index in [-0.39, 0.29) is 6.61 Å². The third kappa shape index (κ3) is 8.72. The second kappa shape index (κ2) is 9.03. The molecule has 1 heterocycles. The Balaban J connectivity index is 0.000000362. The fraction of sp³-hybridized carbons (Fsp3) is 0.538. The van der Waals surface area contributed by atoms with Crippen LogP contribution in [0, 0.1) is 0 Å². The highest BCUT2D eigenvalue weighted by molar-refractivity contribution is 7.80. The van der Waals surface area contributed by atoms with E-state index in [2.05, 4.69) is 23.9 Å². The minimum Gasteiger partial charge on any atom is -0.726 e. The smallest absolute Gasteiger partial charge is 0.217 e. The largest absolute Gasteiger partial charge is 0.726 e. The summed E-state index contributed by atoms with van der Waals surface area (Å²) in [6.45, 7) is 15.3. The van der Waals surface area contributed by atoms with Crippen LogP contribution in [0.4, 0.5) is 0 Å². The molecule has 1 aliphatic rings. The van der Waals surface area contributed by atoms with Crippen molar-refractivity contribution in [2.24, 2.45) is 0 Å². The predicted molar refractivity (Wildman–Crippen MR) is 75.2 cm³/mol. The molecule has 110 valence electrons. The molecule has 6 heteroatoms. The fourth-order valence-corrected chi connectivity index (χ4v) is 2.39. The van der Waals surface area contributed by atoms with Crippen LogP contribution < -0.4 is 0 Å². The first kappa shape index (κ1) is 18.0. The summed E-state index contributed by atoms with van der Waals surface area (Å²) in [6.07, 6.45) is 8.00. The molecule has 0 aliphatic carbocycles. The summed E-state index contributed by atoms with van der Waals surface area (Å²) in [5.74, 6) is 0. The number of rotatable bonds is 7. The number of quaternary nitrogens is 1. The average Bonchev–Trinajstić information content (AvgIpc) is 2.76. The van der Waals surface area contributed by atoms with Gasteiger partial charge in [-0.2, -0.15) is 0 Å². The van der Waals surface area contributed by atoms with Gasteiger partial charge in [-0.05, 0) is 12.2 Å². The first-order valence-electron chi connectivity index (χ1n) is 6.17. The Morgan fingerprint density at radius 3 is 1.79 bits per heavy atom. The van der Waals surface area contributed by atoms with E-state index in [0.717, 1.165) is 13.1 Å². The van der Waals surface area contributed by atoms with E-state index in [1.807, 2.05) is 12.2 Å². The van der Waals surface area contributed by atoms with Crippen LogP contribution >= 0.6 is 0 Å². The summed E-state index contributed by atoms with van der Waals surface area (Å²) in [4.78, 5) is 0. The number of likely N-dealkylation sites (tertiary alicyclic amines) is 1.